The lowest BCUT2D eigenvalue weighted by molar-refractivity contribution is 0.0697. The highest BCUT2D eigenvalue weighted by Crippen LogP contribution is 2.21. The summed E-state index contributed by atoms with van der Waals surface area (Å²) in [7, 11) is 0. The van der Waals surface area contributed by atoms with Gasteiger partial charge in [-0.3, -0.25) is 0 Å². The number of carboxylic acid groups (broad SMARTS) is 1. The minimum Gasteiger partial charge on any atom is -0.478 e. The lowest BCUT2D eigenvalue weighted by atomic mass is 10.00. The highest BCUT2D eigenvalue weighted by Gasteiger charge is 2.13. The minimum atomic E-state index is -1.12. The van der Waals surface area contributed by atoms with Crippen molar-refractivity contribution in [3.8, 4) is 11.3 Å². The van der Waals surface area contributed by atoms with Gasteiger partial charge in [-0.1, -0.05) is 38.1 Å². The van der Waals surface area contributed by atoms with Gasteiger partial charge in [-0.25, -0.2) is 14.6 Å². The second-order valence-corrected chi connectivity index (χ2v) is 5.08. The zero-order valence-electron chi connectivity index (χ0n) is 11.4. The van der Waals surface area contributed by atoms with E-state index in [1.165, 1.54) is 5.56 Å². The van der Waals surface area contributed by atoms with Gasteiger partial charge in [0.2, 0.25) is 0 Å². The van der Waals surface area contributed by atoms with Crippen molar-refractivity contribution in [2.45, 2.75) is 20.3 Å². The summed E-state index contributed by atoms with van der Waals surface area (Å²) in [6.45, 7) is 4.27. The largest absolute Gasteiger partial charge is 0.478 e. The average molecular weight is 272 g/mol. The van der Waals surface area contributed by atoms with Gasteiger partial charge in [-0.05, 0) is 23.5 Å². The molecule has 0 spiro atoms. The molecule has 2 aromatic rings. The van der Waals surface area contributed by atoms with Crippen LogP contribution in [-0.2, 0) is 6.42 Å². The molecule has 0 atom stereocenters. The van der Waals surface area contributed by atoms with Crippen LogP contribution in [0.5, 0.6) is 0 Å². The summed E-state index contributed by atoms with van der Waals surface area (Å²) < 4.78 is 0. The maximum Gasteiger partial charge on any atom is 0.345 e. The Balaban J connectivity index is 2.43. The summed E-state index contributed by atoms with van der Waals surface area (Å²) in [4.78, 5) is 28.4. The van der Waals surface area contributed by atoms with Crippen molar-refractivity contribution in [3.63, 3.8) is 0 Å². The van der Waals surface area contributed by atoms with Gasteiger partial charge in [-0.15, -0.1) is 0 Å². The summed E-state index contributed by atoms with van der Waals surface area (Å²) in [5, 5.41) is 9.13. The second-order valence-electron chi connectivity index (χ2n) is 5.08. The third-order valence-corrected chi connectivity index (χ3v) is 2.93. The Bertz CT molecular complexity index is 672. The minimum absolute atomic E-state index is 0.0128. The molecule has 0 radical (unpaired) electrons. The van der Waals surface area contributed by atoms with E-state index in [0.717, 1.165) is 12.6 Å². The number of hydrogen-bond donors (Lipinski definition) is 2. The van der Waals surface area contributed by atoms with Gasteiger partial charge in [0, 0.05) is 6.20 Å². The zero-order chi connectivity index (χ0) is 14.7. The van der Waals surface area contributed by atoms with Gasteiger partial charge in [0.1, 0.15) is 5.56 Å². The van der Waals surface area contributed by atoms with E-state index in [0.29, 0.717) is 11.5 Å². The number of rotatable bonds is 4. The van der Waals surface area contributed by atoms with E-state index in [-0.39, 0.29) is 11.3 Å². The third kappa shape index (κ3) is 3.12. The standard InChI is InChI=1S/C15H16N2O3/c1-9(2)7-10-3-5-11(6-4-10)13-12(14(18)19)8-16-15(20)17-13/h3-6,8-9H,7H2,1-2H3,(H,18,19)(H,16,17,20). The number of aromatic carboxylic acids is 1. The van der Waals surface area contributed by atoms with Crippen molar-refractivity contribution < 1.29 is 9.90 Å². The van der Waals surface area contributed by atoms with Gasteiger partial charge in [0.15, 0.2) is 0 Å². The first kappa shape index (κ1) is 14.0. The van der Waals surface area contributed by atoms with Gasteiger partial charge in [-0.2, -0.15) is 0 Å². The van der Waals surface area contributed by atoms with Crippen LogP contribution in [0.15, 0.2) is 35.3 Å². The Morgan fingerprint density at radius 3 is 2.50 bits per heavy atom. The molecule has 0 amide bonds. The van der Waals surface area contributed by atoms with Crippen LogP contribution in [0.3, 0.4) is 0 Å². The fourth-order valence-corrected chi connectivity index (χ4v) is 2.06. The maximum atomic E-state index is 11.3. The number of benzene rings is 1. The van der Waals surface area contributed by atoms with Gasteiger partial charge in [0.25, 0.3) is 0 Å². The highest BCUT2D eigenvalue weighted by molar-refractivity contribution is 5.94. The summed E-state index contributed by atoms with van der Waals surface area (Å²) in [5.74, 6) is -0.564. The SMILES string of the molecule is CC(C)Cc1ccc(-c2[nH]c(=O)ncc2C(=O)O)cc1. The molecule has 104 valence electrons. The van der Waals surface area contributed by atoms with Crippen LogP contribution in [0.4, 0.5) is 0 Å². The molecular weight excluding hydrogens is 256 g/mol. The topological polar surface area (TPSA) is 83.0 Å². The van der Waals surface area contributed by atoms with Crippen LogP contribution in [0.1, 0.15) is 29.8 Å². The summed E-state index contributed by atoms with van der Waals surface area (Å²) >= 11 is 0. The first-order valence-corrected chi connectivity index (χ1v) is 6.39. The molecule has 0 bridgehead atoms. The molecule has 1 heterocycles. The Labute approximate surface area is 116 Å². The lowest BCUT2D eigenvalue weighted by Crippen LogP contribution is -2.15. The number of aromatic amines is 1. The Morgan fingerprint density at radius 2 is 1.95 bits per heavy atom. The number of carbonyl (C=O) groups is 1. The fourth-order valence-electron chi connectivity index (χ4n) is 2.06. The third-order valence-electron chi connectivity index (χ3n) is 2.93. The zero-order valence-corrected chi connectivity index (χ0v) is 11.4. The number of H-pyrrole nitrogens is 1. The summed E-state index contributed by atoms with van der Waals surface area (Å²) in [6.07, 6.45) is 2.04. The molecule has 2 N–H and O–H groups in total. The lowest BCUT2D eigenvalue weighted by Gasteiger charge is -2.08. The molecule has 0 aliphatic heterocycles. The summed E-state index contributed by atoms with van der Waals surface area (Å²) in [6, 6.07) is 7.52. The van der Waals surface area contributed by atoms with Gasteiger partial charge in [0.05, 0.1) is 5.69 Å². The molecule has 0 unspecified atom stereocenters. The van der Waals surface area contributed by atoms with E-state index in [4.69, 9.17) is 5.11 Å². The van der Waals surface area contributed by atoms with Crippen molar-refractivity contribution in [2.75, 3.05) is 0 Å². The molecule has 0 saturated carbocycles. The predicted molar refractivity (Wildman–Crippen MR) is 75.8 cm³/mol. The van der Waals surface area contributed by atoms with E-state index >= 15 is 0 Å². The molecule has 1 aromatic heterocycles. The maximum absolute atomic E-state index is 11.3. The van der Waals surface area contributed by atoms with Crippen LogP contribution in [0, 0.1) is 5.92 Å². The van der Waals surface area contributed by atoms with Crippen molar-refractivity contribution in [1.82, 2.24) is 9.97 Å². The molecule has 1 aromatic carbocycles. The molecule has 5 nitrogen and oxygen atoms in total. The van der Waals surface area contributed by atoms with Crippen molar-refractivity contribution in [3.05, 3.63) is 52.1 Å². The fraction of sp³-hybridized carbons (Fsp3) is 0.267. The number of nitrogens with zero attached hydrogens (tertiary/aromatic N) is 1. The Morgan fingerprint density at radius 1 is 1.30 bits per heavy atom. The molecule has 2 rings (SSSR count). The van der Waals surface area contributed by atoms with E-state index < -0.39 is 11.7 Å². The number of carboxylic acids is 1. The smallest absolute Gasteiger partial charge is 0.345 e. The molecule has 0 fully saturated rings. The van der Waals surface area contributed by atoms with Crippen LogP contribution < -0.4 is 5.69 Å². The van der Waals surface area contributed by atoms with E-state index in [1.807, 2.05) is 24.3 Å². The van der Waals surface area contributed by atoms with Crippen molar-refractivity contribution >= 4 is 5.97 Å². The predicted octanol–water partition coefficient (Wildman–Crippen LogP) is 2.33. The number of hydrogen-bond acceptors (Lipinski definition) is 3. The second kappa shape index (κ2) is 5.69. The molecule has 0 saturated heterocycles. The van der Waals surface area contributed by atoms with Crippen LogP contribution in [-0.4, -0.2) is 21.0 Å². The van der Waals surface area contributed by atoms with Crippen molar-refractivity contribution in [1.29, 1.82) is 0 Å². The first-order chi connectivity index (χ1) is 9.47. The molecule has 5 heteroatoms. The van der Waals surface area contributed by atoms with E-state index in [2.05, 4.69) is 23.8 Å². The highest BCUT2D eigenvalue weighted by atomic mass is 16.4. The summed E-state index contributed by atoms with van der Waals surface area (Å²) in [5.41, 5.74) is 1.55. The average Bonchev–Trinajstić information content (AvgIpc) is 2.38. The Hall–Kier alpha value is -2.43. The van der Waals surface area contributed by atoms with E-state index in [9.17, 15) is 9.59 Å². The molecular formula is C15H16N2O3. The van der Waals surface area contributed by atoms with Gasteiger partial charge >= 0.3 is 11.7 Å². The molecule has 0 aliphatic carbocycles. The quantitative estimate of drug-likeness (QED) is 0.894. The normalized spacial score (nSPS) is 10.8. The van der Waals surface area contributed by atoms with Crippen LogP contribution in [0.2, 0.25) is 0 Å². The van der Waals surface area contributed by atoms with Crippen LogP contribution in [0.25, 0.3) is 11.3 Å². The molecule has 20 heavy (non-hydrogen) atoms. The van der Waals surface area contributed by atoms with Crippen molar-refractivity contribution in [2.24, 2.45) is 5.92 Å². The molecule has 0 aliphatic rings. The monoisotopic (exact) mass is 272 g/mol. The Kier molecular flexibility index (Phi) is 3.98. The first-order valence-electron chi connectivity index (χ1n) is 6.39. The van der Waals surface area contributed by atoms with E-state index in [1.54, 1.807) is 0 Å². The van der Waals surface area contributed by atoms with Gasteiger partial charge < -0.3 is 10.1 Å². The van der Waals surface area contributed by atoms with Crippen LogP contribution >= 0.6 is 0 Å². The number of aromatic nitrogens is 2. The number of nitrogens with one attached hydrogen (secondary N) is 1.